The number of hydrogen-bond donors (Lipinski definition) is 1. The van der Waals surface area contributed by atoms with Gasteiger partial charge in [-0.05, 0) is 37.6 Å². The molecule has 2 N–H and O–H groups in total. The second kappa shape index (κ2) is 9.73. The molecule has 1 aromatic heterocycles. The van der Waals surface area contributed by atoms with Crippen LogP contribution in [0.4, 0.5) is 0 Å². The zero-order valence-corrected chi connectivity index (χ0v) is 18.8. The number of ketones is 1. The number of piperazine rings is 1. The molecular formula is C22H26ClN3O3S. The van der Waals surface area contributed by atoms with E-state index in [2.05, 4.69) is 0 Å². The minimum atomic E-state index is -0.550. The van der Waals surface area contributed by atoms with Crippen molar-refractivity contribution in [2.75, 3.05) is 26.2 Å². The maximum Gasteiger partial charge on any atom is 0.239 e. The molecule has 1 atom stereocenters. The Morgan fingerprint density at radius 2 is 1.70 bits per heavy atom. The number of aryl methyl sites for hydroxylation is 2. The number of Topliss-reactive ketones (excluding diaryl/α,β-unsaturated/α-hetero) is 1. The first kappa shape index (κ1) is 22.5. The molecule has 1 aliphatic rings. The predicted octanol–water partition coefficient (Wildman–Crippen LogP) is 3.35. The van der Waals surface area contributed by atoms with E-state index in [1.165, 1.54) is 0 Å². The molecule has 2 heterocycles. The maximum absolute atomic E-state index is 12.6. The van der Waals surface area contributed by atoms with Crippen LogP contribution in [-0.2, 0) is 9.59 Å². The Bertz CT molecular complexity index is 934. The molecule has 1 fully saturated rings. The van der Waals surface area contributed by atoms with Gasteiger partial charge in [0.1, 0.15) is 6.04 Å². The van der Waals surface area contributed by atoms with E-state index in [0.717, 1.165) is 20.9 Å². The van der Waals surface area contributed by atoms with E-state index < -0.39 is 11.9 Å². The summed E-state index contributed by atoms with van der Waals surface area (Å²) >= 11 is 7.54. The predicted molar refractivity (Wildman–Crippen MR) is 119 cm³/mol. The number of rotatable bonds is 7. The van der Waals surface area contributed by atoms with Crippen molar-refractivity contribution < 1.29 is 14.4 Å². The van der Waals surface area contributed by atoms with Crippen molar-refractivity contribution in [1.29, 1.82) is 0 Å². The lowest BCUT2D eigenvalue weighted by Crippen LogP contribution is -2.51. The molecular weight excluding hydrogens is 422 g/mol. The molecule has 0 aliphatic carbocycles. The molecule has 0 spiro atoms. The number of carbonyl (C=O) groups is 3. The highest BCUT2D eigenvalue weighted by Gasteiger charge is 2.30. The van der Waals surface area contributed by atoms with Crippen LogP contribution in [0.5, 0.6) is 0 Å². The van der Waals surface area contributed by atoms with Gasteiger partial charge in [0.05, 0.1) is 0 Å². The van der Waals surface area contributed by atoms with E-state index in [9.17, 15) is 14.4 Å². The van der Waals surface area contributed by atoms with Gasteiger partial charge in [0.25, 0.3) is 0 Å². The molecule has 1 aliphatic heterocycles. The lowest BCUT2D eigenvalue weighted by atomic mass is 10.0. The lowest BCUT2D eigenvalue weighted by Gasteiger charge is -2.38. The van der Waals surface area contributed by atoms with Crippen molar-refractivity contribution in [1.82, 2.24) is 9.80 Å². The van der Waals surface area contributed by atoms with E-state index in [4.69, 9.17) is 17.3 Å². The number of amides is 2. The summed E-state index contributed by atoms with van der Waals surface area (Å²) in [6.07, 6.45) is 0.411. The molecule has 8 heteroatoms. The van der Waals surface area contributed by atoms with Gasteiger partial charge in [0.15, 0.2) is 5.78 Å². The summed E-state index contributed by atoms with van der Waals surface area (Å²) in [4.78, 5) is 42.9. The molecule has 0 bridgehead atoms. The van der Waals surface area contributed by atoms with Crippen LogP contribution in [0.15, 0.2) is 30.3 Å². The summed E-state index contributed by atoms with van der Waals surface area (Å²) in [5.41, 5.74) is 7.17. The van der Waals surface area contributed by atoms with Gasteiger partial charge >= 0.3 is 0 Å². The Labute approximate surface area is 185 Å². The van der Waals surface area contributed by atoms with Gasteiger partial charge in [-0.1, -0.05) is 23.7 Å². The quantitative estimate of drug-likeness (QED) is 0.659. The first-order valence-electron chi connectivity index (χ1n) is 9.93. The van der Waals surface area contributed by atoms with Gasteiger partial charge in [-0.25, -0.2) is 0 Å². The summed E-state index contributed by atoms with van der Waals surface area (Å²) in [6.45, 7) is 5.99. The number of halogens is 1. The molecule has 0 saturated carbocycles. The molecule has 160 valence electrons. The van der Waals surface area contributed by atoms with Crippen molar-refractivity contribution in [3.63, 3.8) is 0 Å². The minimum Gasteiger partial charge on any atom is -0.368 e. The van der Waals surface area contributed by atoms with Gasteiger partial charge in [0.2, 0.25) is 11.8 Å². The smallest absolute Gasteiger partial charge is 0.239 e. The fraction of sp³-hybridized carbons (Fsp3) is 0.409. The van der Waals surface area contributed by atoms with Crippen LogP contribution < -0.4 is 5.73 Å². The highest BCUT2D eigenvalue weighted by molar-refractivity contribution is 7.12. The maximum atomic E-state index is 12.6. The second-order valence-electron chi connectivity index (χ2n) is 7.52. The fourth-order valence-electron chi connectivity index (χ4n) is 3.85. The van der Waals surface area contributed by atoms with Crippen LogP contribution in [-0.4, -0.2) is 53.6 Å². The molecule has 2 aromatic rings. The van der Waals surface area contributed by atoms with E-state index in [-0.39, 0.29) is 24.5 Å². The fourth-order valence-corrected chi connectivity index (χ4v) is 4.92. The van der Waals surface area contributed by atoms with E-state index in [0.29, 0.717) is 31.2 Å². The summed E-state index contributed by atoms with van der Waals surface area (Å²) in [7, 11) is 0. The third-order valence-electron chi connectivity index (χ3n) is 5.39. The van der Waals surface area contributed by atoms with Gasteiger partial charge in [-0.15, -0.1) is 11.3 Å². The van der Waals surface area contributed by atoms with Crippen molar-refractivity contribution in [3.05, 3.63) is 56.2 Å². The van der Waals surface area contributed by atoms with Crippen LogP contribution in [0.1, 0.15) is 44.6 Å². The Morgan fingerprint density at radius 1 is 1.07 bits per heavy atom. The number of thiophene rings is 1. The second-order valence-corrected chi connectivity index (χ2v) is 9.42. The van der Waals surface area contributed by atoms with Gasteiger partial charge in [0, 0.05) is 59.4 Å². The number of nitrogens with zero attached hydrogens (tertiary/aromatic N) is 2. The minimum absolute atomic E-state index is 0.0142. The Kier molecular flexibility index (Phi) is 7.28. The lowest BCUT2D eigenvalue weighted by molar-refractivity contribution is -0.134. The Balaban J connectivity index is 1.54. The number of hydrogen-bond acceptors (Lipinski definition) is 5. The number of nitrogens with two attached hydrogens (primary N) is 1. The standard InChI is InChI=1S/C22H26ClN3O3S/c1-14-13-18(15(2)30-14)19(27)7-8-20(28)25-9-11-26(12-10-25)21(22(24)29)16-3-5-17(23)6-4-16/h3-6,13,21H,7-12H2,1-2H3,(H2,24,29)/t21-/m0/s1. The highest BCUT2D eigenvalue weighted by atomic mass is 35.5. The van der Waals surface area contributed by atoms with Crippen molar-refractivity contribution in [2.24, 2.45) is 5.73 Å². The topological polar surface area (TPSA) is 83.7 Å². The van der Waals surface area contributed by atoms with Crippen molar-refractivity contribution in [3.8, 4) is 0 Å². The van der Waals surface area contributed by atoms with Gasteiger partial charge < -0.3 is 10.6 Å². The third-order valence-corrected chi connectivity index (χ3v) is 6.61. The monoisotopic (exact) mass is 447 g/mol. The van der Waals surface area contributed by atoms with Crippen LogP contribution in [0.2, 0.25) is 5.02 Å². The largest absolute Gasteiger partial charge is 0.368 e. The first-order chi connectivity index (χ1) is 14.3. The van der Waals surface area contributed by atoms with Crippen LogP contribution in [0.3, 0.4) is 0 Å². The molecule has 1 aromatic carbocycles. The summed E-state index contributed by atoms with van der Waals surface area (Å²) in [5.74, 6) is -0.445. The Hall–Kier alpha value is -2.22. The molecule has 2 amide bonds. The number of primary amides is 1. The average molecular weight is 448 g/mol. The summed E-state index contributed by atoms with van der Waals surface area (Å²) in [6, 6.07) is 8.42. The number of carbonyl (C=O) groups excluding carboxylic acids is 3. The van der Waals surface area contributed by atoms with Crippen molar-refractivity contribution in [2.45, 2.75) is 32.7 Å². The zero-order chi connectivity index (χ0) is 21.8. The van der Waals surface area contributed by atoms with E-state index in [1.807, 2.05) is 24.8 Å². The van der Waals surface area contributed by atoms with Crippen LogP contribution in [0, 0.1) is 13.8 Å². The summed E-state index contributed by atoms with van der Waals surface area (Å²) in [5, 5.41) is 0.597. The number of benzene rings is 1. The van der Waals surface area contributed by atoms with Gasteiger partial charge in [-0.2, -0.15) is 0 Å². The van der Waals surface area contributed by atoms with Crippen LogP contribution in [0.25, 0.3) is 0 Å². The summed E-state index contributed by atoms with van der Waals surface area (Å²) < 4.78 is 0. The molecule has 0 unspecified atom stereocenters. The third kappa shape index (κ3) is 5.28. The normalized spacial score (nSPS) is 15.8. The highest BCUT2D eigenvalue weighted by Crippen LogP contribution is 2.25. The van der Waals surface area contributed by atoms with Crippen LogP contribution >= 0.6 is 22.9 Å². The van der Waals surface area contributed by atoms with Gasteiger partial charge in [-0.3, -0.25) is 19.3 Å². The molecule has 30 heavy (non-hydrogen) atoms. The first-order valence-corrected chi connectivity index (χ1v) is 11.1. The van der Waals surface area contributed by atoms with Crippen molar-refractivity contribution >= 4 is 40.5 Å². The zero-order valence-electron chi connectivity index (χ0n) is 17.2. The molecule has 6 nitrogen and oxygen atoms in total. The molecule has 1 saturated heterocycles. The van der Waals surface area contributed by atoms with E-state index >= 15 is 0 Å². The van der Waals surface area contributed by atoms with E-state index in [1.54, 1.807) is 40.5 Å². The molecule has 0 radical (unpaired) electrons. The SMILES string of the molecule is Cc1cc(C(=O)CCC(=O)N2CCN([C@H](C(N)=O)c3ccc(Cl)cc3)CC2)c(C)s1. The Morgan fingerprint density at radius 3 is 2.23 bits per heavy atom. The molecule has 3 rings (SSSR count). The average Bonchev–Trinajstić information content (AvgIpc) is 3.06.